The molecule has 5 rings (SSSR count). The van der Waals surface area contributed by atoms with Gasteiger partial charge in [0, 0.05) is 11.3 Å². The molecule has 102 valence electrons. The molecule has 3 nitrogen and oxygen atoms in total. The normalized spacial score (nSPS) is 54.8. The van der Waals surface area contributed by atoms with E-state index in [2.05, 4.69) is 0 Å². The van der Waals surface area contributed by atoms with Gasteiger partial charge in [-0.25, -0.2) is 0 Å². The van der Waals surface area contributed by atoms with Crippen LogP contribution >= 0.6 is 0 Å². The second-order valence-corrected chi connectivity index (χ2v) is 7.38. The zero-order valence-electron chi connectivity index (χ0n) is 11.1. The summed E-state index contributed by atoms with van der Waals surface area (Å²) in [6.45, 7) is 2.30. The van der Waals surface area contributed by atoms with E-state index in [9.17, 15) is 0 Å². The van der Waals surface area contributed by atoms with Crippen LogP contribution in [0, 0.1) is 29.1 Å². The largest absolute Gasteiger partial charge is 0.352 e. The molecule has 1 aliphatic heterocycles. The first-order chi connectivity index (χ1) is 8.77. The average molecular weight is 251 g/mol. The van der Waals surface area contributed by atoms with Gasteiger partial charge in [-0.05, 0) is 62.8 Å². The van der Waals surface area contributed by atoms with Crippen LogP contribution in [0.3, 0.4) is 0 Å². The van der Waals surface area contributed by atoms with Gasteiger partial charge in [-0.3, -0.25) is 0 Å². The third-order valence-corrected chi connectivity index (χ3v) is 5.89. The highest BCUT2D eigenvalue weighted by molar-refractivity contribution is 5.03. The highest BCUT2D eigenvalue weighted by Gasteiger charge is 2.55. The molecule has 0 unspecified atom stereocenters. The van der Waals surface area contributed by atoms with E-state index < -0.39 is 0 Å². The Morgan fingerprint density at radius 3 is 1.83 bits per heavy atom. The zero-order chi connectivity index (χ0) is 12.2. The standard InChI is InChI=1S/C15H25NO2/c16-7-13-8-17-14(18-9-13)15-4-10-1-11(5-15)3-12(2-10)6-15/h10-14H,1-9,16H2. The van der Waals surface area contributed by atoms with E-state index >= 15 is 0 Å². The summed E-state index contributed by atoms with van der Waals surface area (Å²) < 4.78 is 12.1. The van der Waals surface area contributed by atoms with Crippen molar-refractivity contribution < 1.29 is 9.47 Å². The van der Waals surface area contributed by atoms with Crippen molar-refractivity contribution in [1.82, 2.24) is 0 Å². The first kappa shape index (κ1) is 11.7. The van der Waals surface area contributed by atoms with Crippen molar-refractivity contribution in [2.75, 3.05) is 19.8 Å². The highest BCUT2D eigenvalue weighted by atomic mass is 16.7. The van der Waals surface area contributed by atoms with Gasteiger partial charge in [0.1, 0.15) is 0 Å². The lowest BCUT2D eigenvalue weighted by Gasteiger charge is -2.59. The summed E-state index contributed by atoms with van der Waals surface area (Å²) in [5, 5.41) is 0. The summed E-state index contributed by atoms with van der Waals surface area (Å²) >= 11 is 0. The van der Waals surface area contributed by atoms with Gasteiger partial charge in [-0.1, -0.05) is 0 Å². The predicted octanol–water partition coefficient (Wildman–Crippen LogP) is 2.15. The van der Waals surface area contributed by atoms with Gasteiger partial charge in [0.05, 0.1) is 13.2 Å². The highest BCUT2D eigenvalue weighted by Crippen LogP contribution is 2.62. The lowest BCUT2D eigenvalue weighted by atomic mass is 9.49. The van der Waals surface area contributed by atoms with Crippen molar-refractivity contribution in [3.63, 3.8) is 0 Å². The van der Waals surface area contributed by atoms with E-state index in [4.69, 9.17) is 15.2 Å². The van der Waals surface area contributed by atoms with E-state index in [-0.39, 0.29) is 6.29 Å². The molecule has 2 N–H and O–H groups in total. The van der Waals surface area contributed by atoms with E-state index in [0.29, 0.717) is 17.9 Å². The molecule has 4 saturated carbocycles. The van der Waals surface area contributed by atoms with Crippen LogP contribution in [-0.4, -0.2) is 26.0 Å². The third-order valence-electron chi connectivity index (χ3n) is 5.89. The van der Waals surface area contributed by atoms with Crippen LogP contribution in [0.2, 0.25) is 0 Å². The van der Waals surface area contributed by atoms with Crippen LogP contribution in [0.25, 0.3) is 0 Å². The van der Waals surface area contributed by atoms with Gasteiger partial charge in [-0.2, -0.15) is 0 Å². The van der Waals surface area contributed by atoms with Crippen molar-refractivity contribution in [3.05, 3.63) is 0 Å². The summed E-state index contributed by atoms with van der Waals surface area (Å²) in [4.78, 5) is 0. The van der Waals surface area contributed by atoms with Gasteiger partial charge in [0.15, 0.2) is 6.29 Å². The summed E-state index contributed by atoms with van der Waals surface area (Å²) in [6, 6.07) is 0. The molecular weight excluding hydrogens is 226 g/mol. The van der Waals surface area contributed by atoms with Crippen LogP contribution < -0.4 is 5.73 Å². The maximum absolute atomic E-state index is 6.06. The molecule has 0 amide bonds. The van der Waals surface area contributed by atoms with E-state index in [0.717, 1.165) is 31.0 Å². The molecule has 18 heavy (non-hydrogen) atoms. The molecule has 5 aliphatic rings. The minimum atomic E-state index is 0.0775. The summed E-state index contributed by atoms with van der Waals surface area (Å²) in [5.74, 6) is 3.32. The Kier molecular flexibility index (Phi) is 2.72. The van der Waals surface area contributed by atoms with Crippen molar-refractivity contribution in [2.45, 2.75) is 44.8 Å². The molecule has 1 heterocycles. The quantitative estimate of drug-likeness (QED) is 0.818. The number of ether oxygens (including phenoxy) is 2. The van der Waals surface area contributed by atoms with E-state index in [1.54, 1.807) is 0 Å². The third kappa shape index (κ3) is 1.75. The second-order valence-electron chi connectivity index (χ2n) is 7.38. The number of hydrogen-bond donors (Lipinski definition) is 1. The molecule has 1 saturated heterocycles. The Bertz CT molecular complexity index is 287. The molecule has 0 aromatic rings. The summed E-state index contributed by atoms with van der Waals surface area (Å²) in [6.07, 6.45) is 8.60. The Morgan fingerprint density at radius 1 is 0.889 bits per heavy atom. The first-order valence-corrected chi connectivity index (χ1v) is 7.71. The Balaban J connectivity index is 1.50. The van der Waals surface area contributed by atoms with Crippen LogP contribution in [0.4, 0.5) is 0 Å². The van der Waals surface area contributed by atoms with Gasteiger partial charge in [0.25, 0.3) is 0 Å². The van der Waals surface area contributed by atoms with E-state index in [1.807, 2.05) is 0 Å². The van der Waals surface area contributed by atoms with Gasteiger partial charge in [0.2, 0.25) is 0 Å². The van der Waals surface area contributed by atoms with Gasteiger partial charge < -0.3 is 15.2 Å². The van der Waals surface area contributed by atoms with Gasteiger partial charge >= 0.3 is 0 Å². The van der Waals surface area contributed by atoms with Crippen molar-refractivity contribution in [3.8, 4) is 0 Å². The van der Waals surface area contributed by atoms with Crippen molar-refractivity contribution in [1.29, 1.82) is 0 Å². The van der Waals surface area contributed by atoms with Crippen molar-refractivity contribution in [2.24, 2.45) is 34.8 Å². The number of nitrogens with two attached hydrogens (primary N) is 1. The monoisotopic (exact) mass is 251 g/mol. The molecule has 4 aliphatic carbocycles. The minimum absolute atomic E-state index is 0.0775. The fourth-order valence-corrected chi connectivity index (χ4v) is 5.50. The van der Waals surface area contributed by atoms with Crippen molar-refractivity contribution >= 4 is 0 Å². The second kappa shape index (κ2) is 4.19. The summed E-state index contributed by atoms with van der Waals surface area (Å²) in [5.41, 5.74) is 6.06. The lowest BCUT2D eigenvalue weighted by Crippen LogP contribution is -2.55. The molecule has 0 aromatic carbocycles. The summed E-state index contributed by atoms with van der Waals surface area (Å²) in [7, 11) is 0. The maximum atomic E-state index is 6.06. The zero-order valence-corrected chi connectivity index (χ0v) is 11.1. The van der Waals surface area contributed by atoms with Crippen LogP contribution in [0.5, 0.6) is 0 Å². The molecule has 0 aromatic heterocycles. The van der Waals surface area contributed by atoms with Crippen LogP contribution in [0.1, 0.15) is 38.5 Å². The SMILES string of the molecule is NCC1COC(C23CC4CC(CC(C4)C2)C3)OC1. The Morgan fingerprint density at radius 2 is 1.39 bits per heavy atom. The predicted molar refractivity (Wildman–Crippen MR) is 68.8 cm³/mol. The van der Waals surface area contributed by atoms with Gasteiger partial charge in [-0.15, -0.1) is 0 Å². The smallest absolute Gasteiger partial charge is 0.163 e. The fourth-order valence-electron chi connectivity index (χ4n) is 5.50. The lowest BCUT2D eigenvalue weighted by molar-refractivity contribution is -0.283. The molecule has 0 spiro atoms. The molecule has 5 fully saturated rings. The molecular formula is C15H25NO2. The fraction of sp³-hybridized carbons (Fsp3) is 1.00. The van der Waals surface area contributed by atoms with Crippen LogP contribution in [-0.2, 0) is 9.47 Å². The Labute approximate surface area is 109 Å². The van der Waals surface area contributed by atoms with E-state index in [1.165, 1.54) is 38.5 Å². The average Bonchev–Trinajstić information content (AvgIpc) is 2.37. The topological polar surface area (TPSA) is 44.5 Å². The van der Waals surface area contributed by atoms with Crippen LogP contribution in [0.15, 0.2) is 0 Å². The number of rotatable bonds is 2. The first-order valence-electron chi connectivity index (χ1n) is 7.71. The number of hydrogen-bond acceptors (Lipinski definition) is 3. The molecule has 0 atom stereocenters. The maximum Gasteiger partial charge on any atom is 0.163 e. The molecule has 4 bridgehead atoms. The minimum Gasteiger partial charge on any atom is -0.352 e. The molecule has 3 heteroatoms. The molecule has 0 radical (unpaired) electrons. The Hall–Kier alpha value is -0.120.